The van der Waals surface area contributed by atoms with Gasteiger partial charge in [-0.25, -0.2) is 4.79 Å². The molecule has 5 aliphatic heterocycles. The van der Waals surface area contributed by atoms with E-state index in [1.54, 1.807) is 19.9 Å². The number of carbonyl (C=O) groups is 3. The lowest BCUT2D eigenvalue weighted by Crippen LogP contribution is -2.77. The maximum Gasteiger partial charge on any atom is 0.333 e. The summed E-state index contributed by atoms with van der Waals surface area (Å²) in [7, 11) is 0. The second kappa shape index (κ2) is 25.6. The first-order valence-corrected chi connectivity index (χ1v) is 32.2. The fourth-order valence-corrected chi connectivity index (χ4v) is 19.3. The maximum atomic E-state index is 13.7. The van der Waals surface area contributed by atoms with Crippen molar-refractivity contribution < 1.29 is 138 Å². The number of esters is 3. The average molecular weight is 1310 g/mol. The first-order chi connectivity index (χ1) is 42.5. The van der Waals surface area contributed by atoms with Gasteiger partial charge in [-0.2, -0.15) is 0 Å². The zero-order valence-corrected chi connectivity index (χ0v) is 54.0. The Labute approximate surface area is 529 Å². The van der Waals surface area contributed by atoms with Gasteiger partial charge in [0.25, 0.3) is 0 Å². The van der Waals surface area contributed by atoms with E-state index in [0.717, 1.165) is 0 Å². The third-order valence-electron chi connectivity index (χ3n) is 24.4. The number of ether oxygens (including phenoxy) is 12. The van der Waals surface area contributed by atoms with Gasteiger partial charge in [-0.3, -0.25) is 9.59 Å². The van der Waals surface area contributed by atoms with Crippen LogP contribution in [0.25, 0.3) is 0 Å². The van der Waals surface area contributed by atoms with Gasteiger partial charge in [0.05, 0.1) is 37.6 Å². The topological polar surface area (TPSA) is 425 Å². The second-order valence-corrected chi connectivity index (χ2v) is 29.8. The SMILES string of the molecule is C/C=C(\C)C(=O)O[C@H]1[C@H](OC(C)=O)[C@@]23C(CC1(C)C)[C@]1(CCC4[C@@]5(C)CC[C@H](O[C@@H]6O[C@H](CO)[C@@H](O)[C@H](O[C@@H]7O[C@H](CO)[C@H](O)[C@H](O)[C@H]7O[C@@H]7O[C@@H](C)[C@H](O)[C@@H](O)[C@H]7O)[C@H]6O[C@@H]6O[C@H](CO)[C@H](O)[C@H](O)[C@H]6O)C(C)(C)C5CC[C@@]4(C)[C@]1(C)C[C@H]2OC(C)=O)O[C@@H]3O. The third-order valence-corrected chi connectivity index (χ3v) is 24.4. The van der Waals surface area contributed by atoms with E-state index in [1.807, 2.05) is 13.8 Å². The van der Waals surface area contributed by atoms with E-state index in [4.69, 9.17) is 56.8 Å². The second-order valence-electron chi connectivity index (χ2n) is 29.8. The minimum absolute atomic E-state index is 0.0429. The molecular weight excluding hydrogens is 1200 g/mol. The van der Waals surface area contributed by atoms with Gasteiger partial charge in [-0.05, 0) is 100 Å². The summed E-state index contributed by atoms with van der Waals surface area (Å²) in [6.07, 6.45) is -36.2. The van der Waals surface area contributed by atoms with Crippen molar-refractivity contribution >= 4 is 17.9 Å². The van der Waals surface area contributed by atoms with Crippen LogP contribution in [0, 0.1) is 50.2 Å². The smallest absolute Gasteiger partial charge is 0.333 e. The van der Waals surface area contributed by atoms with Crippen molar-refractivity contribution in [2.75, 3.05) is 19.8 Å². The molecule has 28 heteroatoms. The molecule has 0 aromatic rings. The molecule has 1 spiro atoms. The highest BCUT2D eigenvalue weighted by Gasteiger charge is 2.86. The van der Waals surface area contributed by atoms with Crippen molar-refractivity contribution in [1.82, 2.24) is 0 Å². The Hall–Kier alpha value is -2.73. The summed E-state index contributed by atoms with van der Waals surface area (Å²) in [4.78, 5) is 40.6. The van der Waals surface area contributed by atoms with E-state index >= 15 is 0 Å². The molecule has 91 heavy (non-hydrogen) atoms. The van der Waals surface area contributed by atoms with Crippen LogP contribution < -0.4 is 0 Å². The summed E-state index contributed by atoms with van der Waals surface area (Å²) in [5, 5.41) is 145. The van der Waals surface area contributed by atoms with Crippen LogP contribution in [0.1, 0.15) is 134 Å². The van der Waals surface area contributed by atoms with Crippen molar-refractivity contribution in [3.05, 3.63) is 11.6 Å². The molecule has 13 N–H and O–H groups in total. The van der Waals surface area contributed by atoms with Gasteiger partial charge in [-0.1, -0.05) is 54.5 Å². The average Bonchev–Trinajstić information content (AvgIpc) is 1.55. The molecule has 5 heterocycles. The zero-order chi connectivity index (χ0) is 66.9. The van der Waals surface area contributed by atoms with Gasteiger partial charge in [0.15, 0.2) is 37.6 Å². The first kappa shape index (κ1) is 71.1. The predicted octanol–water partition coefficient (Wildman–Crippen LogP) is -1.40. The van der Waals surface area contributed by atoms with Gasteiger partial charge in [0, 0.05) is 36.2 Å². The lowest BCUT2D eigenvalue weighted by Gasteiger charge is -2.75. The van der Waals surface area contributed by atoms with Gasteiger partial charge >= 0.3 is 17.9 Å². The van der Waals surface area contributed by atoms with Gasteiger partial charge in [0.2, 0.25) is 0 Å². The Morgan fingerprint density at radius 2 is 1.03 bits per heavy atom. The Morgan fingerprint density at radius 3 is 1.63 bits per heavy atom. The summed E-state index contributed by atoms with van der Waals surface area (Å²) < 4.78 is 76.2. The van der Waals surface area contributed by atoms with Crippen LogP contribution in [0.15, 0.2) is 11.6 Å². The molecule has 3 unspecified atom stereocenters. The third kappa shape index (κ3) is 11.2. The van der Waals surface area contributed by atoms with Crippen LogP contribution in [0.5, 0.6) is 0 Å². The Morgan fingerprint density at radius 1 is 0.505 bits per heavy atom. The Bertz CT molecular complexity index is 2660. The summed E-state index contributed by atoms with van der Waals surface area (Å²) in [5.41, 5.74) is -5.82. The number of hydrogen-bond acceptors (Lipinski definition) is 28. The van der Waals surface area contributed by atoms with Crippen LogP contribution in [0.2, 0.25) is 0 Å². The molecule has 2 bridgehead atoms. The molecule has 520 valence electrons. The first-order valence-electron chi connectivity index (χ1n) is 32.2. The van der Waals surface area contributed by atoms with Gasteiger partial charge in [-0.15, -0.1) is 0 Å². The molecule has 0 radical (unpaired) electrons. The zero-order valence-electron chi connectivity index (χ0n) is 54.0. The Balaban J connectivity index is 0.980. The van der Waals surface area contributed by atoms with Crippen LogP contribution in [0.3, 0.4) is 0 Å². The van der Waals surface area contributed by atoms with Crippen molar-refractivity contribution in [2.24, 2.45) is 50.2 Å². The van der Waals surface area contributed by atoms with Gasteiger partial charge in [0.1, 0.15) is 109 Å². The number of allylic oxidation sites excluding steroid dienone is 1. The molecule has 0 amide bonds. The minimum atomic E-state index is -2.03. The van der Waals surface area contributed by atoms with E-state index in [-0.39, 0.29) is 18.3 Å². The largest absolute Gasteiger partial charge is 0.462 e. The molecule has 10 aliphatic rings. The number of rotatable bonds is 15. The molecular formula is C63H100O28. The molecule has 10 rings (SSSR count). The van der Waals surface area contributed by atoms with Crippen molar-refractivity contribution in [1.29, 1.82) is 0 Å². The van der Waals surface area contributed by atoms with Crippen molar-refractivity contribution in [3.8, 4) is 0 Å². The summed E-state index contributed by atoms with van der Waals surface area (Å²) >= 11 is 0. The van der Waals surface area contributed by atoms with Gasteiger partial charge < -0.3 is 123 Å². The Kier molecular flexibility index (Phi) is 20.0. The molecule has 28 nitrogen and oxygen atoms in total. The highest BCUT2D eigenvalue weighted by molar-refractivity contribution is 5.87. The number of fused-ring (bicyclic) bond motifs is 4. The normalized spacial score (nSPS) is 52.6. The van der Waals surface area contributed by atoms with Crippen LogP contribution in [0.4, 0.5) is 0 Å². The summed E-state index contributed by atoms with van der Waals surface area (Å²) in [6, 6.07) is 0. The highest BCUT2D eigenvalue weighted by Crippen LogP contribution is 2.82. The van der Waals surface area contributed by atoms with Crippen molar-refractivity contribution in [3.63, 3.8) is 0 Å². The molecule has 10 fully saturated rings. The minimum Gasteiger partial charge on any atom is -0.462 e. The summed E-state index contributed by atoms with van der Waals surface area (Å²) in [5.74, 6) is -2.67. The van der Waals surface area contributed by atoms with Crippen LogP contribution in [-0.4, -0.2) is 263 Å². The van der Waals surface area contributed by atoms with E-state index in [9.17, 15) is 80.8 Å². The lowest BCUT2D eigenvalue weighted by atomic mass is 9.30. The van der Waals surface area contributed by atoms with Crippen LogP contribution in [-0.2, 0) is 71.2 Å². The van der Waals surface area contributed by atoms with E-state index < -0.39 is 235 Å². The van der Waals surface area contributed by atoms with E-state index in [0.29, 0.717) is 50.5 Å². The number of aliphatic hydroxyl groups excluding tert-OH is 13. The van der Waals surface area contributed by atoms with Crippen LogP contribution >= 0.6 is 0 Å². The fraction of sp³-hybridized carbons (Fsp3) is 0.921. The quantitative estimate of drug-likeness (QED) is 0.0388. The van der Waals surface area contributed by atoms with E-state index in [1.165, 1.54) is 20.8 Å². The maximum absolute atomic E-state index is 13.7. The lowest BCUT2D eigenvalue weighted by molar-refractivity contribution is -0.409. The molecule has 5 aliphatic carbocycles. The number of hydrogen-bond donors (Lipinski definition) is 13. The van der Waals surface area contributed by atoms with E-state index in [2.05, 4.69) is 34.6 Å². The highest BCUT2D eigenvalue weighted by atomic mass is 16.8. The molecule has 5 saturated heterocycles. The number of aliphatic hydroxyl groups is 13. The van der Waals surface area contributed by atoms with Crippen molar-refractivity contribution in [2.45, 2.75) is 294 Å². The summed E-state index contributed by atoms with van der Waals surface area (Å²) in [6.45, 7) is 19.4. The molecule has 5 saturated carbocycles. The monoisotopic (exact) mass is 1300 g/mol. The molecule has 0 aromatic heterocycles. The molecule has 33 atom stereocenters. The standard InChI is InChI=1S/C63H100O28/c1-13-25(2)51(78)90-49-50(82-28(5)68)63-34(20-57(49,6)7)62(91-56(63)79)19-15-33-59(10)17-16-35(58(8,9)32(59)14-18-60(33,11)61(62,12)21-36(63)81-27(4)67)86-55-48(89-53-45(77)42(74)38(70)29(22-64)83-53)46(40(72)31(24-66)85-55)87-54-47(43(75)39(71)30(23-65)84-54)88-52-44(76)41(73)37(69)26(3)80-52/h13,26,29-50,52-56,64-66,69-77,79H,14-24H2,1-12H3/b25-13+/t26-,29+,30+,31+,32?,33?,34?,35-,36+,37-,38-,39-,40+,41+,42-,43-,44+,45+,46-,47+,48+,49-,50-,52-,53-,54-,55-,56-,59-,60+,61-,62-,63+/m0/s1. The molecule has 0 aromatic carbocycles. The predicted molar refractivity (Wildman–Crippen MR) is 307 cm³/mol. The number of carbonyl (C=O) groups excluding carboxylic acids is 3. The fourth-order valence-electron chi connectivity index (χ4n) is 19.3.